The van der Waals surface area contributed by atoms with Gasteiger partial charge in [0.1, 0.15) is 0 Å². The van der Waals surface area contributed by atoms with Gasteiger partial charge in [-0.1, -0.05) is 36.8 Å². The van der Waals surface area contributed by atoms with Crippen molar-refractivity contribution in [2.75, 3.05) is 66.9 Å². The summed E-state index contributed by atoms with van der Waals surface area (Å²) in [4.78, 5) is 81.2. The second-order valence-electron chi connectivity index (χ2n) is 18.5. The number of hydrazine groups is 2. The number of carbonyl (C=O) groups excluding carboxylic acids is 4. The topological polar surface area (TPSA) is 237 Å². The number of para-hydroxylation sites is 1. The zero-order chi connectivity index (χ0) is 50.3. The number of carbonyl (C=O) groups is 6. The predicted octanol–water partition coefficient (Wildman–Crippen LogP) is 6.52. The minimum absolute atomic E-state index is 0.0416. The molecule has 380 valence electrons. The highest BCUT2D eigenvalue weighted by Crippen LogP contribution is 2.46. The summed E-state index contributed by atoms with van der Waals surface area (Å²) in [6.45, 7) is 2.65. The molecular formula is C50H57BrN10O9S2. The van der Waals surface area contributed by atoms with Crippen molar-refractivity contribution in [2.24, 2.45) is 5.92 Å². The minimum atomic E-state index is -1.23. The molecule has 5 aliphatic rings. The normalized spacial score (nSPS) is 20.5. The Kier molecular flexibility index (Phi) is 16.1. The van der Waals surface area contributed by atoms with E-state index in [2.05, 4.69) is 53.1 Å². The molecule has 0 aliphatic carbocycles. The summed E-state index contributed by atoms with van der Waals surface area (Å²) in [5, 5.41) is 33.5. The van der Waals surface area contributed by atoms with E-state index in [9.17, 15) is 39.0 Å². The van der Waals surface area contributed by atoms with Crippen LogP contribution in [0.3, 0.4) is 0 Å². The number of thioether (sulfide) groups is 1. The van der Waals surface area contributed by atoms with Gasteiger partial charge in [0.25, 0.3) is 5.91 Å². The fraction of sp³-hybridized carbons (Fsp3) is 0.400. The van der Waals surface area contributed by atoms with E-state index in [1.807, 2.05) is 99.5 Å². The standard InChI is InChI=1S/C50H57BrN10O9S2/c51-42-44(70-28-41(63)64)46(48(66)67)72-45(42)32-7-6-10-37(23-32)60(24-30-17-20-58(21-18-30)50(69)53-33-8-2-1-3-9-33)26-35-27-61(57-56-35)36-15-13-31(14-16-36)47(65)52-34-19-22-59(25-34)40(62)12-5-4-11-39-43-38(29-71-39)54-49(68)55-43/h1-3,6-10,13-16,23,27,30,34,38-39,43,56-57H,4-5,11-12,17-22,24-26,28-29H2,(H,52,65)(H,53,69)(H,63,64)(H,66,67)(H2,54,55,68). The lowest BCUT2D eigenvalue weighted by atomic mass is 9.96. The summed E-state index contributed by atoms with van der Waals surface area (Å²) >= 11 is 6.37. The van der Waals surface area contributed by atoms with E-state index >= 15 is 0 Å². The third-order valence-electron chi connectivity index (χ3n) is 13.6. The number of fused-ring (bicyclic) bond motifs is 1. The highest BCUT2D eigenvalue weighted by atomic mass is 79.9. The zero-order valence-corrected chi connectivity index (χ0v) is 42.5. The number of ether oxygens (including phenoxy) is 1. The Morgan fingerprint density at radius 3 is 2.44 bits per heavy atom. The molecule has 4 aromatic rings. The van der Waals surface area contributed by atoms with Crippen LogP contribution >= 0.6 is 39.0 Å². The Morgan fingerprint density at radius 2 is 1.68 bits per heavy atom. The van der Waals surface area contributed by atoms with Gasteiger partial charge in [-0.05, 0) is 108 Å². The molecule has 3 aromatic carbocycles. The molecule has 4 saturated heterocycles. The Hall–Kier alpha value is -6.49. The number of hydrogen-bond acceptors (Lipinski definition) is 13. The number of likely N-dealkylation sites (tertiary alicyclic amines) is 2. The van der Waals surface area contributed by atoms with Gasteiger partial charge in [-0.25, -0.2) is 19.2 Å². The van der Waals surface area contributed by atoms with Crippen molar-refractivity contribution in [2.45, 2.75) is 68.3 Å². The van der Waals surface area contributed by atoms with Crippen molar-refractivity contribution in [3.05, 3.63) is 106 Å². The van der Waals surface area contributed by atoms with Crippen LogP contribution < -0.4 is 46.9 Å². The Morgan fingerprint density at radius 1 is 0.903 bits per heavy atom. The first-order valence-electron chi connectivity index (χ1n) is 24.1. The van der Waals surface area contributed by atoms with Crippen molar-refractivity contribution in [1.82, 2.24) is 36.7 Å². The number of amides is 6. The monoisotopic (exact) mass is 1080 g/mol. The van der Waals surface area contributed by atoms with Crippen LogP contribution in [-0.4, -0.2) is 131 Å². The second kappa shape index (κ2) is 22.9. The Balaban J connectivity index is 0.816. The molecule has 4 unspecified atom stereocenters. The number of carboxylic acids is 2. The largest absolute Gasteiger partial charge is 0.479 e. The van der Waals surface area contributed by atoms with Crippen LogP contribution in [0, 0.1) is 5.92 Å². The summed E-state index contributed by atoms with van der Waals surface area (Å²) < 4.78 is 5.78. The van der Waals surface area contributed by atoms with Crippen molar-refractivity contribution >= 4 is 91.9 Å². The molecule has 1 aromatic heterocycles. The first kappa shape index (κ1) is 50.5. The number of anilines is 3. The summed E-state index contributed by atoms with van der Waals surface area (Å²) in [6.07, 6.45) is 7.33. The van der Waals surface area contributed by atoms with E-state index in [4.69, 9.17) is 4.74 Å². The third kappa shape index (κ3) is 12.2. The highest BCUT2D eigenvalue weighted by Gasteiger charge is 2.42. The molecule has 0 saturated carbocycles. The highest BCUT2D eigenvalue weighted by molar-refractivity contribution is 9.10. The van der Waals surface area contributed by atoms with Crippen molar-refractivity contribution in [3.63, 3.8) is 0 Å². The van der Waals surface area contributed by atoms with Gasteiger partial charge < -0.3 is 56.3 Å². The minimum Gasteiger partial charge on any atom is -0.479 e. The number of piperidine rings is 1. The molecule has 8 N–H and O–H groups in total. The molecule has 4 atom stereocenters. The third-order valence-corrected chi connectivity index (χ3v) is 17.3. The molecule has 0 spiro atoms. The molecule has 22 heteroatoms. The molecule has 4 fully saturated rings. The summed E-state index contributed by atoms with van der Waals surface area (Å²) in [6, 6.07) is 24.4. The van der Waals surface area contributed by atoms with Gasteiger partial charge in [0.2, 0.25) is 5.91 Å². The lowest BCUT2D eigenvalue weighted by Gasteiger charge is -2.36. The molecule has 72 heavy (non-hydrogen) atoms. The SMILES string of the molecule is O=C(O)COc1c(C(=O)O)sc(-c2cccc(N(CC3=CN(c4ccc(C(=O)NC5CCN(C(=O)CCCCC6SCC7NC(=O)NC76)C5)cc4)NN3)CC3CCN(C(=O)Nc4ccccc4)CC3)c2)c1Br. The fourth-order valence-corrected chi connectivity index (χ4v) is 13.2. The van der Waals surface area contributed by atoms with E-state index in [0.717, 1.165) is 72.0 Å². The van der Waals surface area contributed by atoms with Crippen LogP contribution in [0.5, 0.6) is 5.75 Å². The maximum Gasteiger partial charge on any atom is 0.349 e. The van der Waals surface area contributed by atoms with Crippen LogP contribution in [0.2, 0.25) is 0 Å². The molecule has 5 aliphatic heterocycles. The predicted molar refractivity (Wildman–Crippen MR) is 279 cm³/mol. The zero-order valence-electron chi connectivity index (χ0n) is 39.3. The average Bonchev–Trinajstić information content (AvgIpc) is 4.24. The van der Waals surface area contributed by atoms with Gasteiger partial charge in [-0.2, -0.15) is 11.8 Å². The van der Waals surface area contributed by atoms with Crippen molar-refractivity contribution < 1.29 is 43.7 Å². The first-order valence-corrected chi connectivity index (χ1v) is 26.8. The van der Waals surface area contributed by atoms with Gasteiger partial charge in [0, 0.05) is 79.3 Å². The van der Waals surface area contributed by atoms with E-state index in [0.29, 0.717) is 77.8 Å². The van der Waals surface area contributed by atoms with Crippen LogP contribution in [0.15, 0.2) is 95.2 Å². The number of unbranched alkanes of at least 4 members (excludes halogenated alkanes) is 1. The van der Waals surface area contributed by atoms with Crippen LogP contribution in [-0.2, 0) is 9.59 Å². The second-order valence-corrected chi connectivity index (χ2v) is 21.6. The van der Waals surface area contributed by atoms with Gasteiger partial charge in [-0.3, -0.25) is 14.6 Å². The quantitative estimate of drug-likeness (QED) is 0.0369. The molecule has 6 heterocycles. The number of urea groups is 2. The number of benzene rings is 3. The van der Waals surface area contributed by atoms with Gasteiger partial charge >= 0.3 is 24.0 Å². The number of rotatable bonds is 19. The van der Waals surface area contributed by atoms with Crippen LogP contribution in [0.1, 0.15) is 65.0 Å². The first-order chi connectivity index (χ1) is 34.8. The number of nitrogens with one attached hydrogen (secondary N) is 6. The molecule has 9 rings (SSSR count). The molecule has 6 amide bonds. The summed E-state index contributed by atoms with van der Waals surface area (Å²) in [7, 11) is 0. The number of thiophene rings is 1. The number of hydrogen-bond donors (Lipinski definition) is 8. The number of aliphatic carboxylic acids is 1. The smallest absolute Gasteiger partial charge is 0.349 e. The number of carboxylic acid groups (broad SMARTS) is 2. The summed E-state index contributed by atoms with van der Waals surface area (Å²) in [5.41, 5.74) is 11.0. The number of aromatic carboxylic acids is 1. The van der Waals surface area contributed by atoms with Gasteiger partial charge in [-0.15, -0.1) is 16.9 Å². The van der Waals surface area contributed by atoms with E-state index < -0.39 is 18.5 Å². The molecule has 19 nitrogen and oxygen atoms in total. The Bertz CT molecular complexity index is 2690. The van der Waals surface area contributed by atoms with E-state index in [-0.39, 0.29) is 58.5 Å². The van der Waals surface area contributed by atoms with Crippen molar-refractivity contribution in [1.29, 1.82) is 0 Å². The lowest BCUT2D eigenvalue weighted by molar-refractivity contribution is -0.139. The van der Waals surface area contributed by atoms with Crippen molar-refractivity contribution in [3.8, 4) is 16.2 Å². The lowest BCUT2D eigenvalue weighted by Crippen LogP contribution is -2.44. The maximum atomic E-state index is 13.4. The molecular weight excluding hydrogens is 1030 g/mol. The van der Waals surface area contributed by atoms with E-state index in [1.165, 1.54) is 0 Å². The van der Waals surface area contributed by atoms with Gasteiger partial charge in [0.05, 0.1) is 39.4 Å². The van der Waals surface area contributed by atoms with Crippen LogP contribution in [0.4, 0.5) is 26.7 Å². The van der Waals surface area contributed by atoms with E-state index in [1.54, 1.807) is 12.1 Å². The Labute approximate surface area is 433 Å². The van der Waals surface area contributed by atoms with Crippen LogP contribution in [0.25, 0.3) is 10.4 Å². The fourth-order valence-electron chi connectivity index (χ4n) is 9.79. The number of nitrogens with zero attached hydrogens (tertiary/aromatic N) is 4. The summed E-state index contributed by atoms with van der Waals surface area (Å²) in [5.74, 6) is -1.45. The average molecular weight is 1090 g/mol. The van der Waals surface area contributed by atoms with Gasteiger partial charge in [0.15, 0.2) is 17.2 Å². The number of halogens is 1. The maximum absolute atomic E-state index is 13.4. The molecule has 0 radical (unpaired) electrons. The molecule has 0 bridgehead atoms.